The van der Waals surface area contributed by atoms with E-state index in [0.29, 0.717) is 18.9 Å². The molecule has 142 heavy (non-hydrogen) atoms. The molecular weight excluding hydrogens is 2690 g/mol. The highest BCUT2D eigenvalue weighted by molar-refractivity contribution is 9.12. The lowest BCUT2D eigenvalue weighted by Crippen LogP contribution is -2.40. The Bertz CT molecular complexity index is 7270. The summed E-state index contributed by atoms with van der Waals surface area (Å²) in [6.07, 6.45) is 12.0. The predicted octanol–water partition coefficient (Wildman–Crippen LogP) is 36.4. The number of aryl methyl sites for hydroxylation is 2. The van der Waals surface area contributed by atoms with Crippen molar-refractivity contribution in [1.29, 1.82) is 0 Å². The highest BCUT2D eigenvalue weighted by Gasteiger charge is 2.53. The third-order valence-electron chi connectivity index (χ3n) is 29.0. The minimum absolute atomic E-state index is 0.0862. The van der Waals surface area contributed by atoms with Gasteiger partial charge in [0, 0.05) is 140 Å². The summed E-state index contributed by atoms with van der Waals surface area (Å²) in [6, 6.07) is 89.2. The van der Waals surface area contributed by atoms with E-state index in [0.717, 1.165) is 187 Å². The molecule has 0 radical (unpaired) electrons. The molecule has 2 spiro atoms. The van der Waals surface area contributed by atoms with Crippen LogP contribution in [-0.4, -0.2) is 82.1 Å². The lowest BCUT2D eigenvalue weighted by molar-refractivity contribution is -0.146. The molecule has 0 amide bonds. The van der Waals surface area contributed by atoms with E-state index < -0.39 is 16.6 Å². The number of piperidine rings is 1. The van der Waals surface area contributed by atoms with Gasteiger partial charge in [0.2, 0.25) is 0 Å². The quantitative estimate of drug-likeness (QED) is 0.0738. The van der Waals surface area contributed by atoms with Gasteiger partial charge >= 0.3 is 17.9 Å². The third-order valence-corrected chi connectivity index (χ3v) is 35.9. The molecule has 2 aromatic heterocycles. The Morgan fingerprint density at radius 3 is 0.965 bits per heavy atom. The molecule has 0 unspecified atom stereocenters. The van der Waals surface area contributed by atoms with Crippen molar-refractivity contribution in [3.63, 3.8) is 0 Å². The summed E-state index contributed by atoms with van der Waals surface area (Å²) >= 11 is 49.8. The van der Waals surface area contributed by atoms with Gasteiger partial charge in [-0.05, 0) is 365 Å². The van der Waals surface area contributed by atoms with Crippen LogP contribution < -0.4 is 0 Å². The molecule has 2 aliphatic heterocycles. The molecule has 14 aromatic carbocycles. The highest BCUT2D eigenvalue weighted by Crippen LogP contribution is 2.62. The van der Waals surface area contributed by atoms with E-state index in [9.17, 15) is 24.6 Å². The molecule has 24 rings (SSSR count). The van der Waals surface area contributed by atoms with E-state index in [-0.39, 0.29) is 42.0 Å². The molecule has 0 bridgehead atoms. The molecule has 728 valence electrons. The van der Waals surface area contributed by atoms with Crippen molar-refractivity contribution in [3.05, 3.63) is 373 Å². The number of unbranched alkanes of at least 4 members (excludes halogenated alkanes) is 2. The number of carbonyl (C=O) groups excluding carboxylic acids is 3. The molecule has 4 heterocycles. The van der Waals surface area contributed by atoms with Crippen molar-refractivity contribution in [2.24, 2.45) is 13.0 Å². The van der Waals surface area contributed by atoms with E-state index in [4.69, 9.17) is 14.2 Å². The van der Waals surface area contributed by atoms with E-state index in [1.807, 2.05) is 60.7 Å². The van der Waals surface area contributed by atoms with E-state index in [2.05, 4.69) is 459 Å². The van der Waals surface area contributed by atoms with Crippen LogP contribution >= 0.6 is 223 Å². The summed E-state index contributed by atoms with van der Waals surface area (Å²) in [5.41, 5.74) is 26.7. The number of esters is 3. The number of benzene rings is 14. The third kappa shape index (κ3) is 21.0. The zero-order valence-electron chi connectivity index (χ0n) is 78.5. The maximum atomic E-state index is 11.7. The van der Waals surface area contributed by atoms with Crippen LogP contribution in [0.1, 0.15) is 160 Å². The number of carbonyl (C=O) groups is 3. The van der Waals surface area contributed by atoms with Crippen LogP contribution in [0.3, 0.4) is 0 Å². The number of likely N-dealkylation sites (tertiary alicyclic amines) is 1. The monoisotopic (exact) mass is 2780 g/mol. The minimum atomic E-state index is -0.868. The first-order valence-electron chi connectivity index (χ1n) is 47.4. The molecule has 6 aliphatic carbocycles. The van der Waals surface area contributed by atoms with Crippen LogP contribution in [0.5, 0.6) is 0 Å². The van der Waals surface area contributed by atoms with E-state index >= 15 is 0 Å². The van der Waals surface area contributed by atoms with Crippen molar-refractivity contribution in [2.75, 3.05) is 40.0 Å². The number of fused-ring (bicyclic) bond motifs is 25. The van der Waals surface area contributed by atoms with Gasteiger partial charge in [0.15, 0.2) is 0 Å². The van der Waals surface area contributed by atoms with Gasteiger partial charge in [-0.1, -0.05) is 335 Å². The van der Waals surface area contributed by atoms with Crippen molar-refractivity contribution in [3.8, 4) is 55.6 Å². The zero-order valence-corrected chi connectivity index (χ0v) is 101. The largest absolute Gasteiger partial charge is 0.466 e. The van der Waals surface area contributed by atoms with Gasteiger partial charge in [-0.3, -0.25) is 14.4 Å². The maximum absolute atomic E-state index is 11.7. The topological polar surface area (TPSA) is 132 Å². The van der Waals surface area contributed by atoms with Gasteiger partial charge in [0.05, 0.1) is 23.1 Å². The lowest BCUT2D eigenvalue weighted by atomic mass is 9.71. The number of rotatable bonds is 11. The normalized spacial score (nSPS) is 15.7. The van der Waals surface area contributed by atoms with Crippen molar-refractivity contribution in [1.82, 2.24) is 14.0 Å². The standard InChI is InChI=1S/C19H16Br2O4.C18H17Br2N.C18H14Br2O2.C18H18Br2O.C16H12Br2O.C15H13Br2N.C13H9Br2N/c1-11(22)24-9-19(10-25-12(2)23)17-7-13(20)3-5-15(17)16-6-4-14(21)8-18(16)19;1-21-8-6-18(7-9-21)16-10-12(19)2-4-14(16)15-5-3-13(20)11-17(15)18;19-11-1-3-13-14-4-2-12(20)10-16(14)18(15(13)9-11)6-5-17(21)22-8-7-18;1-2-3-4-9-18(21)16-10-12(19)5-7-14(16)15-8-6-13(20)11-17(15)18;17-10-3-5-12-13-6-4-11(18)8-15(13)16(19,9-1-2-9)14(12)7-10;1-2-7-18-14-8-10(16)3-5-12(14)13-6-4-11(17)9-15(13)18;1-16-12-6-8(14)2-4-10(12)11-5-3-9(15)7-13(11)16/h3-8H,9-10H2,1-2H3;2-5,10-11H,6-9H2,1H3;1-4,9-10H,5-8H2;5-8,10-11,21H,2-4,9H2,1H3;3-9,19H,1-2H2;3-6,8-9H,2,7H2,1H3;2-7H,1H3. The minimum Gasteiger partial charge on any atom is -0.466 e. The van der Waals surface area contributed by atoms with Gasteiger partial charge in [-0.15, -0.1) is 0 Å². The van der Waals surface area contributed by atoms with Gasteiger partial charge in [-0.2, -0.15) is 0 Å². The predicted molar refractivity (Wildman–Crippen MR) is 627 cm³/mol. The van der Waals surface area contributed by atoms with Crippen molar-refractivity contribution in [2.45, 2.75) is 139 Å². The van der Waals surface area contributed by atoms with Crippen molar-refractivity contribution >= 4 is 285 Å². The number of hydrogen-bond acceptors (Lipinski definition) is 9. The molecule has 1 saturated carbocycles. The summed E-state index contributed by atoms with van der Waals surface area (Å²) < 4.78 is 35.7. The average molecular weight is 2790 g/mol. The summed E-state index contributed by atoms with van der Waals surface area (Å²) in [7, 11) is 4.33. The number of hydrogen-bond donors (Lipinski definition) is 2. The number of cyclic esters (lactones) is 1. The summed E-state index contributed by atoms with van der Waals surface area (Å²) in [6.45, 7) is 11.2. The Morgan fingerprint density at radius 1 is 0.352 bits per heavy atom. The SMILES string of the molecule is CC(=O)OCC1(COC(C)=O)c2cc(Br)ccc2-c2ccc(Br)cc21.CCCCCC1(O)c2cc(Br)ccc2-c2ccc(Br)cc21.CCCn1c2cc(Br)ccc2c2ccc(Br)cc21.CN1CCC2(CC1)c1cc(Br)ccc1-c1ccc(Br)cc12.Cn1c2cc(Br)ccc2c2ccc(Br)cc21.O=C1CCC2(CCO1)c1cc(Br)ccc1-c1ccc(Br)cc12.OC1(C2CC2)c2cc(Br)ccc2-c2ccc(Br)cc21. The van der Waals surface area contributed by atoms with E-state index in [1.165, 1.54) is 135 Å². The smallest absolute Gasteiger partial charge is 0.305 e. The second-order valence-corrected chi connectivity index (χ2v) is 50.5. The Kier molecular flexibility index (Phi) is 32.8. The fourth-order valence-electron chi connectivity index (χ4n) is 22.2. The van der Waals surface area contributed by atoms with Crippen LogP contribution in [0, 0.1) is 5.92 Å². The molecular formula is C117H99Br14N3O8. The fourth-order valence-corrected chi connectivity index (χ4v) is 27.2. The van der Waals surface area contributed by atoms with Gasteiger partial charge < -0.3 is 38.5 Å². The second kappa shape index (κ2) is 44.1. The van der Waals surface area contributed by atoms with Crippen LogP contribution in [-0.2, 0) is 69.6 Å². The van der Waals surface area contributed by atoms with Crippen LogP contribution in [0.15, 0.2) is 317 Å². The molecule has 0 atom stereocenters. The Labute approximate surface area is 946 Å². The Morgan fingerprint density at radius 2 is 0.634 bits per heavy atom. The maximum Gasteiger partial charge on any atom is 0.305 e. The average Bonchev–Trinajstić information content (AvgIpc) is 1.54. The van der Waals surface area contributed by atoms with Crippen LogP contribution in [0.2, 0.25) is 0 Å². The zero-order chi connectivity index (χ0) is 100. The second-order valence-electron chi connectivity index (χ2n) is 37.7. The molecule has 2 saturated heterocycles. The molecule has 25 heteroatoms. The molecule has 11 nitrogen and oxygen atoms in total. The number of ether oxygens (including phenoxy) is 3. The number of aliphatic hydroxyl groups is 2. The number of nitrogens with zero attached hydrogens (tertiary/aromatic N) is 3. The first-order chi connectivity index (χ1) is 68.1. The highest BCUT2D eigenvalue weighted by atomic mass is 79.9. The Hall–Kier alpha value is -6.31. The van der Waals surface area contributed by atoms with Crippen LogP contribution in [0.4, 0.5) is 0 Å². The summed E-state index contributed by atoms with van der Waals surface area (Å²) in [4.78, 5) is 37.2. The molecule has 2 N–H and O–H groups in total. The summed E-state index contributed by atoms with van der Waals surface area (Å²) in [5.74, 6) is -0.475. The van der Waals surface area contributed by atoms with Gasteiger partial charge in [-0.25, -0.2) is 0 Å². The fraction of sp³-hybridized carbons (Fsp3) is 0.256. The lowest BCUT2D eigenvalue weighted by Gasteiger charge is -2.39. The molecule has 8 aliphatic rings. The summed E-state index contributed by atoms with van der Waals surface area (Å²) in [5, 5.41) is 28.0. The number of halogens is 14. The first-order valence-corrected chi connectivity index (χ1v) is 58.5. The van der Waals surface area contributed by atoms with E-state index in [1.54, 1.807) is 0 Å². The first kappa shape index (κ1) is 106. The molecule has 16 aromatic rings. The Balaban J connectivity index is 0.000000110. The van der Waals surface area contributed by atoms with Crippen molar-refractivity contribution < 1.29 is 38.8 Å². The molecule has 3 fully saturated rings. The number of aromatic nitrogens is 2. The van der Waals surface area contributed by atoms with Crippen LogP contribution in [0.25, 0.3) is 99.2 Å². The van der Waals surface area contributed by atoms with Gasteiger partial charge in [0.25, 0.3) is 0 Å². The van der Waals surface area contributed by atoms with Gasteiger partial charge in [0.1, 0.15) is 24.4 Å².